The van der Waals surface area contributed by atoms with Crippen LogP contribution < -0.4 is 0 Å². The van der Waals surface area contributed by atoms with E-state index >= 15 is 0 Å². The molecule has 0 saturated carbocycles. The molecule has 0 aliphatic rings. The number of ether oxygens (including phenoxy) is 1. The Bertz CT molecular complexity index is 452. The number of aromatic nitrogens is 2. The number of nitrogens with zero attached hydrogens (tertiary/aromatic N) is 2. The second kappa shape index (κ2) is 6.78. The molecular formula is C14H24IN3O2. The van der Waals surface area contributed by atoms with E-state index < -0.39 is 5.60 Å². The monoisotopic (exact) mass is 393 g/mol. The zero-order valence-electron chi connectivity index (χ0n) is 13.0. The van der Waals surface area contributed by atoms with Gasteiger partial charge in [0.25, 0.3) is 0 Å². The minimum absolute atomic E-state index is 0.0394. The van der Waals surface area contributed by atoms with E-state index in [9.17, 15) is 4.79 Å². The molecule has 1 aromatic rings. The smallest absolute Gasteiger partial charge is 0.411 e. The van der Waals surface area contributed by atoms with Crippen molar-refractivity contribution in [2.24, 2.45) is 0 Å². The molecule has 1 amide bonds. The van der Waals surface area contributed by atoms with Crippen molar-refractivity contribution in [3.8, 4) is 0 Å². The number of nitrogens with one attached hydrogen (secondary N) is 1. The van der Waals surface area contributed by atoms with Crippen LogP contribution in [0, 0.1) is 3.70 Å². The number of hydrogen-bond acceptors (Lipinski definition) is 3. The maximum Gasteiger partial charge on any atom is 0.411 e. The van der Waals surface area contributed by atoms with Crippen molar-refractivity contribution >= 4 is 28.7 Å². The van der Waals surface area contributed by atoms with Crippen LogP contribution in [-0.2, 0) is 4.74 Å². The van der Waals surface area contributed by atoms with Crippen LogP contribution in [0.15, 0.2) is 6.20 Å². The largest absolute Gasteiger partial charge is 0.444 e. The standard InChI is InChI=1S/C14H24IN3O2/c1-7-10(12-16-8-11(15)17-12)18(9(2)3)13(19)20-14(4,5)6/h8-10H,7H2,1-6H3,(H,16,17)/t10-/m0/s1. The Morgan fingerprint density at radius 1 is 1.50 bits per heavy atom. The summed E-state index contributed by atoms with van der Waals surface area (Å²) in [7, 11) is 0. The Morgan fingerprint density at radius 2 is 2.10 bits per heavy atom. The number of H-pyrrole nitrogens is 1. The van der Waals surface area contributed by atoms with E-state index in [4.69, 9.17) is 4.74 Å². The molecule has 1 N–H and O–H groups in total. The normalized spacial score (nSPS) is 13.4. The summed E-state index contributed by atoms with van der Waals surface area (Å²) in [5.74, 6) is 0.802. The Kier molecular flexibility index (Phi) is 5.85. The molecule has 1 heterocycles. The second-order valence-corrected chi connectivity index (χ2v) is 7.18. The van der Waals surface area contributed by atoms with E-state index in [0.29, 0.717) is 0 Å². The van der Waals surface area contributed by atoms with Gasteiger partial charge in [0.2, 0.25) is 0 Å². The highest BCUT2D eigenvalue weighted by Crippen LogP contribution is 2.26. The molecule has 0 bridgehead atoms. The van der Waals surface area contributed by atoms with Crippen molar-refractivity contribution in [2.75, 3.05) is 0 Å². The molecule has 114 valence electrons. The lowest BCUT2D eigenvalue weighted by molar-refractivity contribution is 0.00668. The van der Waals surface area contributed by atoms with Crippen LogP contribution in [0.5, 0.6) is 0 Å². The fraction of sp³-hybridized carbons (Fsp3) is 0.714. The Morgan fingerprint density at radius 3 is 2.45 bits per heavy atom. The number of hydrogen-bond donors (Lipinski definition) is 1. The number of carbonyl (C=O) groups excluding carboxylic acids is 1. The highest BCUT2D eigenvalue weighted by atomic mass is 127. The molecule has 5 nitrogen and oxygen atoms in total. The Hall–Kier alpha value is -0.790. The number of aromatic amines is 1. The van der Waals surface area contributed by atoms with Crippen LogP contribution in [-0.4, -0.2) is 32.6 Å². The molecule has 0 spiro atoms. The number of rotatable bonds is 4. The molecule has 0 radical (unpaired) electrons. The molecule has 6 heteroatoms. The van der Waals surface area contributed by atoms with Gasteiger partial charge >= 0.3 is 6.09 Å². The summed E-state index contributed by atoms with van der Waals surface area (Å²) in [6, 6.07) is -0.0640. The van der Waals surface area contributed by atoms with E-state index in [1.54, 1.807) is 11.1 Å². The lowest BCUT2D eigenvalue weighted by Gasteiger charge is -2.35. The van der Waals surface area contributed by atoms with Gasteiger partial charge in [0.1, 0.15) is 11.4 Å². The fourth-order valence-corrected chi connectivity index (χ4v) is 2.43. The van der Waals surface area contributed by atoms with Gasteiger partial charge in [-0.25, -0.2) is 9.78 Å². The SMILES string of the molecule is CC[C@@H](c1ncc(I)[nH]1)N(C(=O)OC(C)(C)C)C(C)C. The van der Waals surface area contributed by atoms with Gasteiger partial charge in [-0.2, -0.15) is 0 Å². The zero-order valence-corrected chi connectivity index (χ0v) is 15.2. The third-order valence-corrected chi connectivity index (χ3v) is 3.31. The maximum atomic E-state index is 12.4. The molecule has 0 aliphatic carbocycles. The van der Waals surface area contributed by atoms with Gasteiger partial charge in [0, 0.05) is 6.04 Å². The number of imidazole rings is 1. The van der Waals surface area contributed by atoms with Crippen LogP contribution in [0.1, 0.15) is 59.8 Å². The van der Waals surface area contributed by atoms with E-state index in [0.717, 1.165) is 15.9 Å². The highest BCUT2D eigenvalue weighted by Gasteiger charge is 2.31. The lowest BCUT2D eigenvalue weighted by atomic mass is 10.1. The third-order valence-electron chi connectivity index (χ3n) is 2.76. The third kappa shape index (κ3) is 4.64. The van der Waals surface area contributed by atoms with Crippen LogP contribution in [0.2, 0.25) is 0 Å². The van der Waals surface area contributed by atoms with E-state index in [1.807, 2.05) is 41.5 Å². The summed E-state index contributed by atoms with van der Waals surface area (Å²) in [6.45, 7) is 11.6. The summed E-state index contributed by atoms with van der Waals surface area (Å²) in [5, 5.41) is 0. The molecule has 1 atom stereocenters. The summed E-state index contributed by atoms with van der Waals surface area (Å²) >= 11 is 2.18. The first-order chi connectivity index (χ1) is 9.15. The van der Waals surface area contributed by atoms with Gasteiger partial charge < -0.3 is 9.72 Å². The van der Waals surface area contributed by atoms with E-state index in [1.165, 1.54) is 0 Å². The van der Waals surface area contributed by atoms with Gasteiger partial charge in [-0.15, -0.1) is 0 Å². The van der Waals surface area contributed by atoms with Crippen molar-refractivity contribution in [1.29, 1.82) is 0 Å². The molecule has 1 rings (SSSR count). The predicted molar refractivity (Wildman–Crippen MR) is 87.5 cm³/mol. The molecule has 20 heavy (non-hydrogen) atoms. The molecular weight excluding hydrogens is 369 g/mol. The Labute approximate surface area is 134 Å². The first kappa shape index (κ1) is 17.3. The van der Waals surface area contributed by atoms with Crippen LogP contribution in [0.4, 0.5) is 4.79 Å². The minimum atomic E-state index is -0.500. The van der Waals surface area contributed by atoms with Gasteiger partial charge in [-0.1, -0.05) is 6.92 Å². The summed E-state index contributed by atoms with van der Waals surface area (Å²) in [5.41, 5.74) is -0.500. The summed E-state index contributed by atoms with van der Waals surface area (Å²) in [6.07, 6.45) is 2.25. The molecule has 0 fully saturated rings. The lowest BCUT2D eigenvalue weighted by Crippen LogP contribution is -2.43. The molecule has 0 aromatic carbocycles. The molecule has 0 aliphatic heterocycles. The van der Waals surface area contributed by atoms with Gasteiger partial charge in [0.15, 0.2) is 0 Å². The molecule has 0 unspecified atom stereocenters. The second-order valence-electron chi connectivity index (χ2n) is 6.02. The number of amides is 1. The van der Waals surface area contributed by atoms with Crippen LogP contribution in [0.3, 0.4) is 0 Å². The first-order valence-corrected chi connectivity index (χ1v) is 7.95. The van der Waals surface area contributed by atoms with Gasteiger partial charge in [-0.3, -0.25) is 4.90 Å². The minimum Gasteiger partial charge on any atom is -0.444 e. The molecule has 1 aromatic heterocycles. The van der Waals surface area contributed by atoms with Crippen LogP contribution >= 0.6 is 22.6 Å². The number of halogens is 1. The van der Waals surface area contributed by atoms with E-state index in [2.05, 4.69) is 32.6 Å². The van der Waals surface area contributed by atoms with Gasteiger partial charge in [-0.05, 0) is 63.6 Å². The summed E-state index contributed by atoms with van der Waals surface area (Å²) in [4.78, 5) is 21.8. The number of carbonyl (C=O) groups is 1. The van der Waals surface area contributed by atoms with Crippen molar-refractivity contribution < 1.29 is 9.53 Å². The van der Waals surface area contributed by atoms with Crippen molar-refractivity contribution in [2.45, 2.75) is 65.6 Å². The highest BCUT2D eigenvalue weighted by molar-refractivity contribution is 14.1. The van der Waals surface area contributed by atoms with Gasteiger partial charge in [0.05, 0.1) is 15.9 Å². The van der Waals surface area contributed by atoms with Crippen molar-refractivity contribution in [1.82, 2.24) is 14.9 Å². The fourth-order valence-electron chi connectivity index (χ4n) is 2.02. The van der Waals surface area contributed by atoms with Crippen molar-refractivity contribution in [3.05, 3.63) is 15.7 Å². The predicted octanol–water partition coefficient (Wildman–Crippen LogP) is 4.11. The Balaban J connectivity index is 3.02. The zero-order chi connectivity index (χ0) is 15.5. The quantitative estimate of drug-likeness (QED) is 0.784. The first-order valence-electron chi connectivity index (χ1n) is 6.87. The van der Waals surface area contributed by atoms with Crippen molar-refractivity contribution in [3.63, 3.8) is 0 Å². The van der Waals surface area contributed by atoms with Crippen LogP contribution in [0.25, 0.3) is 0 Å². The maximum absolute atomic E-state index is 12.4. The van der Waals surface area contributed by atoms with E-state index in [-0.39, 0.29) is 18.2 Å². The average Bonchev–Trinajstić information content (AvgIpc) is 2.68. The topological polar surface area (TPSA) is 58.2 Å². The summed E-state index contributed by atoms with van der Waals surface area (Å²) < 4.78 is 6.48. The molecule has 0 saturated heterocycles. The average molecular weight is 393 g/mol.